The van der Waals surface area contributed by atoms with Crippen molar-refractivity contribution in [2.24, 2.45) is 12.2 Å². The Morgan fingerprint density at radius 1 is 1.43 bits per heavy atom. The number of hydrogen-bond donors (Lipinski definition) is 1. The van der Waals surface area contributed by atoms with Crippen molar-refractivity contribution in [1.29, 1.82) is 0 Å². The summed E-state index contributed by atoms with van der Waals surface area (Å²) in [5, 5.41) is 11.8. The number of para-hydroxylation sites is 2. The largest absolute Gasteiger partial charge is 0.411 e. The fourth-order valence-electron chi connectivity index (χ4n) is 1.51. The van der Waals surface area contributed by atoms with Crippen molar-refractivity contribution in [2.45, 2.75) is 6.92 Å². The zero-order chi connectivity index (χ0) is 10.1. The molecule has 4 nitrogen and oxygen atoms in total. The molecule has 72 valence electrons. The van der Waals surface area contributed by atoms with Gasteiger partial charge in [0.25, 0.3) is 0 Å². The Labute approximate surface area is 81.5 Å². The highest BCUT2D eigenvalue weighted by atomic mass is 16.4. The molecule has 0 saturated heterocycles. The number of rotatable bonds is 1. The van der Waals surface area contributed by atoms with Crippen LogP contribution >= 0.6 is 0 Å². The van der Waals surface area contributed by atoms with Crippen LogP contribution in [0.5, 0.6) is 0 Å². The Bertz CT molecular complexity index is 499. The van der Waals surface area contributed by atoms with Crippen LogP contribution < -0.4 is 0 Å². The van der Waals surface area contributed by atoms with Crippen molar-refractivity contribution >= 4 is 16.7 Å². The van der Waals surface area contributed by atoms with Crippen LogP contribution in [-0.2, 0) is 7.05 Å². The summed E-state index contributed by atoms with van der Waals surface area (Å²) in [6.07, 6.45) is 0. The molecule has 0 saturated carbocycles. The van der Waals surface area contributed by atoms with E-state index >= 15 is 0 Å². The molecule has 1 aromatic heterocycles. The summed E-state index contributed by atoms with van der Waals surface area (Å²) >= 11 is 0. The molecular weight excluding hydrogens is 178 g/mol. The van der Waals surface area contributed by atoms with Crippen molar-refractivity contribution in [2.75, 3.05) is 0 Å². The van der Waals surface area contributed by atoms with Gasteiger partial charge in [0.1, 0.15) is 5.71 Å². The van der Waals surface area contributed by atoms with E-state index in [0.717, 1.165) is 11.0 Å². The zero-order valence-corrected chi connectivity index (χ0v) is 8.10. The van der Waals surface area contributed by atoms with E-state index < -0.39 is 0 Å². The fourth-order valence-corrected chi connectivity index (χ4v) is 1.51. The lowest BCUT2D eigenvalue weighted by atomic mass is 10.3. The van der Waals surface area contributed by atoms with Crippen LogP contribution in [0.2, 0.25) is 0 Å². The van der Waals surface area contributed by atoms with Crippen LogP contribution in [0.15, 0.2) is 29.4 Å². The normalized spacial score (nSPS) is 12.3. The molecule has 0 atom stereocenters. The quantitative estimate of drug-likeness (QED) is 0.422. The van der Waals surface area contributed by atoms with E-state index in [4.69, 9.17) is 5.21 Å². The highest BCUT2D eigenvalue weighted by Gasteiger charge is 2.09. The van der Waals surface area contributed by atoms with Crippen molar-refractivity contribution < 1.29 is 5.21 Å². The topological polar surface area (TPSA) is 50.4 Å². The van der Waals surface area contributed by atoms with Gasteiger partial charge in [0.05, 0.1) is 11.0 Å². The number of fused-ring (bicyclic) bond motifs is 1. The average Bonchev–Trinajstić information content (AvgIpc) is 2.56. The summed E-state index contributed by atoms with van der Waals surface area (Å²) in [5.74, 6) is 0.689. The van der Waals surface area contributed by atoms with Gasteiger partial charge in [-0.3, -0.25) is 0 Å². The Balaban J connectivity index is 2.75. The number of benzene rings is 1. The van der Waals surface area contributed by atoms with Gasteiger partial charge in [-0.05, 0) is 19.1 Å². The number of hydrogen-bond acceptors (Lipinski definition) is 3. The van der Waals surface area contributed by atoms with Gasteiger partial charge in [-0.1, -0.05) is 17.3 Å². The summed E-state index contributed by atoms with van der Waals surface area (Å²) in [5.41, 5.74) is 2.46. The Morgan fingerprint density at radius 3 is 2.79 bits per heavy atom. The second-order valence-electron chi connectivity index (χ2n) is 3.17. The smallest absolute Gasteiger partial charge is 0.158 e. The number of oxime groups is 1. The van der Waals surface area contributed by atoms with Crippen molar-refractivity contribution in [3.05, 3.63) is 30.1 Å². The summed E-state index contributed by atoms with van der Waals surface area (Å²) in [6.45, 7) is 1.72. The summed E-state index contributed by atoms with van der Waals surface area (Å²) in [7, 11) is 1.90. The lowest BCUT2D eigenvalue weighted by Crippen LogP contribution is -2.04. The molecule has 1 heterocycles. The van der Waals surface area contributed by atoms with E-state index in [-0.39, 0.29) is 0 Å². The molecule has 1 aromatic carbocycles. The minimum absolute atomic E-state index is 0.517. The molecule has 14 heavy (non-hydrogen) atoms. The maximum absolute atomic E-state index is 8.67. The third-order valence-electron chi connectivity index (χ3n) is 2.26. The minimum Gasteiger partial charge on any atom is -0.411 e. The molecule has 2 aromatic rings. The standard InChI is InChI=1S/C10H11N3O/c1-7(12-14)10-11-8-5-3-4-6-9(8)13(10)2/h3-6,14H,1-2H3/b12-7-. The molecule has 4 heteroatoms. The molecule has 0 aliphatic heterocycles. The number of aryl methyl sites for hydroxylation is 1. The first-order valence-corrected chi connectivity index (χ1v) is 4.34. The average molecular weight is 189 g/mol. The highest BCUT2D eigenvalue weighted by molar-refractivity contribution is 5.98. The van der Waals surface area contributed by atoms with Gasteiger partial charge in [-0.2, -0.15) is 0 Å². The number of imidazole rings is 1. The van der Waals surface area contributed by atoms with Crippen LogP contribution in [0, 0.1) is 0 Å². The number of nitrogens with zero attached hydrogens (tertiary/aromatic N) is 3. The van der Waals surface area contributed by atoms with Crippen molar-refractivity contribution in [3.63, 3.8) is 0 Å². The van der Waals surface area contributed by atoms with Crippen molar-refractivity contribution in [1.82, 2.24) is 9.55 Å². The fraction of sp³-hybridized carbons (Fsp3) is 0.200. The third kappa shape index (κ3) is 1.16. The van der Waals surface area contributed by atoms with E-state index in [1.54, 1.807) is 6.92 Å². The Morgan fingerprint density at radius 2 is 2.14 bits per heavy atom. The zero-order valence-electron chi connectivity index (χ0n) is 8.10. The van der Waals surface area contributed by atoms with Gasteiger partial charge in [0.2, 0.25) is 0 Å². The predicted octanol–water partition coefficient (Wildman–Crippen LogP) is 1.77. The second kappa shape index (κ2) is 3.14. The van der Waals surface area contributed by atoms with E-state index in [1.165, 1.54) is 0 Å². The van der Waals surface area contributed by atoms with Gasteiger partial charge < -0.3 is 9.77 Å². The third-order valence-corrected chi connectivity index (χ3v) is 2.26. The molecule has 0 spiro atoms. The van der Waals surface area contributed by atoms with Gasteiger partial charge in [-0.15, -0.1) is 0 Å². The molecule has 0 amide bonds. The number of aromatic nitrogens is 2. The van der Waals surface area contributed by atoms with Gasteiger partial charge >= 0.3 is 0 Å². The monoisotopic (exact) mass is 189 g/mol. The molecule has 0 radical (unpaired) electrons. The Kier molecular flexibility index (Phi) is 1.96. The molecule has 0 aliphatic rings. The van der Waals surface area contributed by atoms with Crippen LogP contribution in [0.4, 0.5) is 0 Å². The van der Waals surface area contributed by atoms with E-state index in [2.05, 4.69) is 10.1 Å². The van der Waals surface area contributed by atoms with Crippen LogP contribution in [-0.4, -0.2) is 20.5 Å². The molecule has 0 aliphatic carbocycles. The van der Waals surface area contributed by atoms with Gasteiger partial charge in [-0.25, -0.2) is 4.98 Å². The second-order valence-corrected chi connectivity index (χ2v) is 3.17. The molecule has 0 unspecified atom stereocenters. The van der Waals surface area contributed by atoms with Gasteiger partial charge in [0, 0.05) is 7.05 Å². The maximum Gasteiger partial charge on any atom is 0.158 e. The van der Waals surface area contributed by atoms with Crippen molar-refractivity contribution in [3.8, 4) is 0 Å². The molecule has 0 bridgehead atoms. The first kappa shape index (κ1) is 8.74. The first-order chi connectivity index (χ1) is 6.74. The SMILES string of the molecule is C/C(=N/O)c1nc2ccccc2n1C. The van der Waals surface area contributed by atoms with Crippen LogP contribution in [0.1, 0.15) is 12.7 Å². The lowest BCUT2D eigenvalue weighted by molar-refractivity contribution is 0.318. The molecule has 1 N–H and O–H groups in total. The molecule has 0 fully saturated rings. The summed E-state index contributed by atoms with van der Waals surface area (Å²) < 4.78 is 1.91. The summed E-state index contributed by atoms with van der Waals surface area (Å²) in [6, 6.07) is 7.81. The van der Waals surface area contributed by atoms with Crippen LogP contribution in [0.3, 0.4) is 0 Å². The minimum atomic E-state index is 0.517. The first-order valence-electron chi connectivity index (χ1n) is 4.34. The lowest BCUT2D eigenvalue weighted by Gasteiger charge is -1.98. The molecule has 2 rings (SSSR count). The van der Waals surface area contributed by atoms with Crippen LogP contribution in [0.25, 0.3) is 11.0 Å². The Hall–Kier alpha value is -1.84. The van der Waals surface area contributed by atoms with E-state index in [0.29, 0.717) is 11.5 Å². The highest BCUT2D eigenvalue weighted by Crippen LogP contribution is 2.14. The van der Waals surface area contributed by atoms with Gasteiger partial charge in [0.15, 0.2) is 5.82 Å². The predicted molar refractivity (Wildman–Crippen MR) is 54.7 cm³/mol. The van der Waals surface area contributed by atoms with E-state index in [1.807, 2.05) is 35.9 Å². The molecular formula is C10H11N3O. The maximum atomic E-state index is 8.67. The summed E-state index contributed by atoms with van der Waals surface area (Å²) in [4.78, 5) is 4.36. The van der Waals surface area contributed by atoms with E-state index in [9.17, 15) is 0 Å².